The van der Waals surface area contributed by atoms with Crippen molar-refractivity contribution in [3.8, 4) is 0 Å². The molecule has 0 saturated heterocycles. The molecule has 0 spiro atoms. The second-order valence-corrected chi connectivity index (χ2v) is 3.63. The number of aldehydes is 1. The molecule has 0 amide bonds. The van der Waals surface area contributed by atoms with Crippen molar-refractivity contribution in [3.05, 3.63) is 41.0 Å². The van der Waals surface area contributed by atoms with Gasteiger partial charge in [-0.3, -0.25) is 0 Å². The van der Waals surface area contributed by atoms with E-state index in [1.165, 1.54) is 16.7 Å². The minimum atomic E-state index is 0.605. The summed E-state index contributed by atoms with van der Waals surface area (Å²) in [4.78, 5) is 10.3. The fourth-order valence-corrected chi connectivity index (χ4v) is 1.43. The van der Waals surface area contributed by atoms with Crippen molar-refractivity contribution in [1.29, 1.82) is 0 Å². The van der Waals surface area contributed by atoms with Crippen molar-refractivity contribution in [2.75, 3.05) is 0 Å². The predicted molar refractivity (Wildman–Crippen MR) is 60.2 cm³/mol. The molecule has 0 atom stereocenters. The molecule has 0 aromatic heterocycles. The van der Waals surface area contributed by atoms with E-state index in [0.29, 0.717) is 6.42 Å². The minimum Gasteiger partial charge on any atom is -0.303 e. The summed E-state index contributed by atoms with van der Waals surface area (Å²) in [6.07, 6.45) is 4.57. The Morgan fingerprint density at radius 3 is 2.64 bits per heavy atom. The summed E-state index contributed by atoms with van der Waals surface area (Å²) in [5.74, 6) is 0. The second kappa shape index (κ2) is 5.38. The van der Waals surface area contributed by atoms with Crippen LogP contribution in [0.5, 0.6) is 0 Å². The zero-order valence-electron chi connectivity index (χ0n) is 8.79. The zero-order valence-corrected chi connectivity index (χ0v) is 8.79. The number of hydrogen-bond donors (Lipinski definition) is 0. The first-order chi connectivity index (χ1) is 6.74. The molecule has 0 aliphatic carbocycles. The van der Waals surface area contributed by atoms with E-state index < -0.39 is 0 Å². The highest BCUT2D eigenvalue weighted by molar-refractivity contribution is 5.57. The van der Waals surface area contributed by atoms with Crippen LogP contribution in [0.4, 0.5) is 0 Å². The van der Waals surface area contributed by atoms with Crippen LogP contribution < -0.4 is 0 Å². The van der Waals surface area contributed by atoms with Gasteiger partial charge in [-0.25, -0.2) is 0 Å². The highest BCUT2D eigenvalue weighted by Crippen LogP contribution is 2.14. The SMILES string of the molecule is CC(C)=Cc1ccccc1CCC=O. The van der Waals surface area contributed by atoms with Crippen LogP contribution in [0.25, 0.3) is 6.08 Å². The Kier molecular flexibility index (Phi) is 4.11. The normalized spacial score (nSPS) is 9.57. The molecule has 0 N–H and O–H groups in total. The van der Waals surface area contributed by atoms with E-state index in [2.05, 4.69) is 32.1 Å². The van der Waals surface area contributed by atoms with E-state index in [-0.39, 0.29) is 0 Å². The largest absolute Gasteiger partial charge is 0.303 e. The van der Waals surface area contributed by atoms with Crippen LogP contribution in [0, 0.1) is 0 Å². The molecule has 0 aliphatic rings. The minimum absolute atomic E-state index is 0.605. The van der Waals surface area contributed by atoms with E-state index in [4.69, 9.17) is 0 Å². The average molecular weight is 188 g/mol. The summed E-state index contributed by atoms with van der Waals surface area (Å²) in [6, 6.07) is 8.22. The summed E-state index contributed by atoms with van der Waals surface area (Å²) in [7, 11) is 0. The lowest BCUT2D eigenvalue weighted by molar-refractivity contribution is -0.107. The molecule has 1 rings (SSSR count). The van der Waals surface area contributed by atoms with Crippen LogP contribution in [0.15, 0.2) is 29.8 Å². The molecule has 1 aromatic rings. The molecule has 1 nitrogen and oxygen atoms in total. The van der Waals surface area contributed by atoms with Crippen LogP contribution in [0.3, 0.4) is 0 Å². The third-order valence-corrected chi connectivity index (χ3v) is 2.03. The van der Waals surface area contributed by atoms with E-state index in [1.807, 2.05) is 12.1 Å². The number of hydrogen-bond acceptors (Lipinski definition) is 1. The van der Waals surface area contributed by atoms with Gasteiger partial charge >= 0.3 is 0 Å². The van der Waals surface area contributed by atoms with Crippen molar-refractivity contribution < 1.29 is 4.79 Å². The third-order valence-electron chi connectivity index (χ3n) is 2.03. The molecule has 14 heavy (non-hydrogen) atoms. The third kappa shape index (κ3) is 3.17. The van der Waals surface area contributed by atoms with Crippen molar-refractivity contribution in [1.82, 2.24) is 0 Å². The Labute approximate surface area is 85.5 Å². The predicted octanol–water partition coefficient (Wildman–Crippen LogP) is 3.24. The summed E-state index contributed by atoms with van der Waals surface area (Å²) >= 11 is 0. The monoisotopic (exact) mass is 188 g/mol. The molecule has 1 heteroatoms. The first-order valence-electron chi connectivity index (χ1n) is 4.90. The summed E-state index contributed by atoms with van der Waals surface area (Å²) in [6.45, 7) is 4.16. The maximum absolute atomic E-state index is 10.3. The second-order valence-electron chi connectivity index (χ2n) is 3.63. The molecule has 0 fully saturated rings. The topological polar surface area (TPSA) is 17.1 Å². The maximum atomic E-state index is 10.3. The molecule has 74 valence electrons. The number of aryl methyl sites for hydroxylation is 1. The summed E-state index contributed by atoms with van der Waals surface area (Å²) in [5.41, 5.74) is 3.76. The lowest BCUT2D eigenvalue weighted by atomic mass is 10.0. The van der Waals surface area contributed by atoms with Crippen molar-refractivity contribution in [2.24, 2.45) is 0 Å². The average Bonchev–Trinajstić information content (AvgIpc) is 2.16. The molecule has 0 radical (unpaired) electrons. The Morgan fingerprint density at radius 1 is 1.29 bits per heavy atom. The van der Waals surface area contributed by atoms with Gasteiger partial charge in [-0.1, -0.05) is 35.9 Å². The van der Waals surface area contributed by atoms with Gasteiger partial charge in [0, 0.05) is 6.42 Å². The quantitative estimate of drug-likeness (QED) is 0.663. The van der Waals surface area contributed by atoms with Gasteiger partial charge in [0.2, 0.25) is 0 Å². The molecule has 0 aliphatic heterocycles. The fraction of sp³-hybridized carbons (Fsp3) is 0.308. The van der Waals surface area contributed by atoms with Crippen molar-refractivity contribution >= 4 is 12.4 Å². The zero-order chi connectivity index (χ0) is 10.4. The smallest absolute Gasteiger partial charge is 0.120 e. The van der Waals surface area contributed by atoms with Gasteiger partial charge in [-0.2, -0.15) is 0 Å². The van der Waals surface area contributed by atoms with E-state index in [0.717, 1.165) is 12.7 Å². The van der Waals surface area contributed by atoms with Gasteiger partial charge in [0.1, 0.15) is 6.29 Å². The van der Waals surface area contributed by atoms with Crippen LogP contribution in [-0.2, 0) is 11.2 Å². The van der Waals surface area contributed by atoms with E-state index in [1.54, 1.807) is 0 Å². The molecule has 0 bridgehead atoms. The Hall–Kier alpha value is -1.37. The van der Waals surface area contributed by atoms with Gasteiger partial charge < -0.3 is 4.79 Å². The van der Waals surface area contributed by atoms with Gasteiger partial charge in [0.05, 0.1) is 0 Å². The molecular weight excluding hydrogens is 172 g/mol. The number of carbonyl (C=O) groups excluding carboxylic acids is 1. The van der Waals surface area contributed by atoms with Crippen molar-refractivity contribution in [3.63, 3.8) is 0 Å². The number of rotatable bonds is 4. The van der Waals surface area contributed by atoms with Gasteiger partial charge in [0.15, 0.2) is 0 Å². The summed E-state index contributed by atoms with van der Waals surface area (Å²) in [5, 5.41) is 0. The number of benzene rings is 1. The fourth-order valence-electron chi connectivity index (χ4n) is 1.43. The van der Waals surface area contributed by atoms with Gasteiger partial charge in [-0.15, -0.1) is 0 Å². The number of allylic oxidation sites excluding steroid dienone is 1. The maximum Gasteiger partial charge on any atom is 0.120 e. The van der Waals surface area contributed by atoms with Gasteiger partial charge in [-0.05, 0) is 31.4 Å². The Balaban J connectivity index is 2.91. The van der Waals surface area contributed by atoms with Gasteiger partial charge in [0.25, 0.3) is 0 Å². The highest BCUT2D eigenvalue weighted by atomic mass is 16.1. The molecule has 0 saturated carbocycles. The lowest BCUT2D eigenvalue weighted by Crippen LogP contribution is -1.90. The van der Waals surface area contributed by atoms with E-state index >= 15 is 0 Å². The molecule has 0 unspecified atom stereocenters. The molecule has 0 heterocycles. The van der Waals surface area contributed by atoms with Crippen molar-refractivity contribution in [2.45, 2.75) is 26.7 Å². The highest BCUT2D eigenvalue weighted by Gasteiger charge is 1.97. The van der Waals surface area contributed by atoms with Crippen LogP contribution >= 0.6 is 0 Å². The van der Waals surface area contributed by atoms with Crippen LogP contribution in [-0.4, -0.2) is 6.29 Å². The number of carbonyl (C=O) groups is 1. The van der Waals surface area contributed by atoms with Crippen LogP contribution in [0.2, 0.25) is 0 Å². The lowest BCUT2D eigenvalue weighted by Gasteiger charge is -2.03. The van der Waals surface area contributed by atoms with Crippen LogP contribution in [0.1, 0.15) is 31.4 Å². The Morgan fingerprint density at radius 2 is 2.00 bits per heavy atom. The summed E-state index contributed by atoms with van der Waals surface area (Å²) < 4.78 is 0. The van der Waals surface area contributed by atoms with E-state index in [9.17, 15) is 4.79 Å². The molecular formula is C13H16O. The molecule has 1 aromatic carbocycles. The first-order valence-corrected chi connectivity index (χ1v) is 4.90. The standard InChI is InChI=1S/C13H16O/c1-11(2)10-13-7-4-3-6-12(13)8-5-9-14/h3-4,6-7,9-10H,5,8H2,1-2H3. The Bertz CT molecular complexity index is 333. The first kappa shape index (κ1) is 10.7.